The largest absolute Gasteiger partial charge is 0.507 e. The average Bonchev–Trinajstić information content (AvgIpc) is 2.52. The highest BCUT2D eigenvalue weighted by Gasteiger charge is 2.40. The second kappa shape index (κ2) is 7.57. The van der Waals surface area contributed by atoms with Crippen LogP contribution < -0.4 is 0 Å². The van der Waals surface area contributed by atoms with Crippen molar-refractivity contribution in [2.24, 2.45) is 5.92 Å². The molecule has 1 unspecified atom stereocenters. The van der Waals surface area contributed by atoms with E-state index in [0.717, 1.165) is 30.4 Å². The molecule has 0 aliphatic heterocycles. The molecule has 0 radical (unpaired) electrons. The molecule has 144 valence electrons. The molecule has 3 atom stereocenters. The predicted octanol–water partition coefficient (Wildman–Crippen LogP) is 7.00. The predicted molar refractivity (Wildman–Crippen MR) is 120 cm³/mol. The van der Waals surface area contributed by atoms with Crippen LogP contribution in [0.2, 0.25) is 0 Å². The van der Waals surface area contributed by atoms with Crippen molar-refractivity contribution in [3.05, 3.63) is 47.1 Å². The van der Waals surface area contributed by atoms with Gasteiger partial charge in [0.1, 0.15) is 11.5 Å². The molecule has 2 N–H and O–H groups in total. The Morgan fingerprint density at radius 3 is 2.19 bits per heavy atom. The van der Waals surface area contributed by atoms with Crippen molar-refractivity contribution >= 4 is 22.6 Å². The molecule has 1 aromatic carbocycles. The molecule has 1 aromatic rings. The highest BCUT2D eigenvalue weighted by atomic mass is 127. The van der Waals surface area contributed by atoms with Crippen molar-refractivity contribution < 1.29 is 10.2 Å². The molecule has 0 saturated carbocycles. The van der Waals surface area contributed by atoms with Crippen LogP contribution in [0.15, 0.2) is 35.9 Å². The fourth-order valence-corrected chi connectivity index (χ4v) is 4.85. The molecule has 2 nitrogen and oxygen atoms in total. The van der Waals surface area contributed by atoms with Crippen LogP contribution in [0.3, 0.4) is 0 Å². The number of halogens is 1. The van der Waals surface area contributed by atoms with Gasteiger partial charge in [-0.1, -0.05) is 60.2 Å². The summed E-state index contributed by atoms with van der Waals surface area (Å²) in [5.74, 6) is 0.626. The second-order valence-electron chi connectivity index (χ2n) is 8.62. The molecule has 0 heterocycles. The number of hydrogen-bond acceptors (Lipinski definition) is 2. The Bertz CT molecular complexity index is 703. The maximum absolute atomic E-state index is 10.9. The molecule has 0 spiro atoms. The third-order valence-corrected chi connectivity index (χ3v) is 7.70. The quantitative estimate of drug-likeness (QED) is 0.278. The summed E-state index contributed by atoms with van der Waals surface area (Å²) in [6.07, 6.45) is 5.18. The van der Waals surface area contributed by atoms with Crippen molar-refractivity contribution in [1.29, 1.82) is 0 Å². The highest BCUT2D eigenvalue weighted by Crippen LogP contribution is 2.50. The van der Waals surface area contributed by atoms with E-state index < -0.39 is 0 Å². The lowest BCUT2D eigenvalue weighted by Gasteiger charge is -2.41. The summed E-state index contributed by atoms with van der Waals surface area (Å²) < 4.78 is -0.0124. The molecular formula is C23H33IO2. The van der Waals surface area contributed by atoms with Gasteiger partial charge in [0, 0.05) is 20.3 Å². The molecule has 0 aromatic heterocycles. The van der Waals surface area contributed by atoms with Crippen LogP contribution in [0.4, 0.5) is 0 Å². The van der Waals surface area contributed by atoms with E-state index in [4.69, 9.17) is 0 Å². The lowest BCUT2D eigenvalue weighted by molar-refractivity contribution is 0.366. The van der Waals surface area contributed by atoms with Crippen molar-refractivity contribution in [3.63, 3.8) is 0 Å². The van der Waals surface area contributed by atoms with Gasteiger partial charge in [-0.2, -0.15) is 0 Å². The molecule has 0 fully saturated rings. The Balaban J connectivity index is 2.60. The van der Waals surface area contributed by atoms with Crippen LogP contribution in [-0.4, -0.2) is 13.6 Å². The van der Waals surface area contributed by atoms with Crippen LogP contribution >= 0.6 is 22.6 Å². The monoisotopic (exact) mass is 468 g/mol. The highest BCUT2D eigenvalue weighted by molar-refractivity contribution is 14.1. The van der Waals surface area contributed by atoms with Crippen LogP contribution in [0.5, 0.6) is 11.5 Å². The van der Waals surface area contributed by atoms with E-state index in [2.05, 4.69) is 69.9 Å². The molecule has 0 saturated heterocycles. The second-order valence-corrected chi connectivity index (χ2v) is 11.3. The van der Waals surface area contributed by atoms with E-state index in [0.29, 0.717) is 5.56 Å². The van der Waals surface area contributed by atoms with Gasteiger partial charge in [-0.3, -0.25) is 0 Å². The first kappa shape index (κ1) is 21.3. The average molecular weight is 468 g/mol. The van der Waals surface area contributed by atoms with E-state index in [1.807, 2.05) is 19.1 Å². The van der Waals surface area contributed by atoms with Crippen LogP contribution in [0.25, 0.3) is 0 Å². The number of phenols is 2. The van der Waals surface area contributed by atoms with Gasteiger partial charge in [-0.25, -0.2) is 0 Å². The Morgan fingerprint density at radius 2 is 1.77 bits per heavy atom. The van der Waals surface area contributed by atoms with Gasteiger partial charge in [0.2, 0.25) is 0 Å². The van der Waals surface area contributed by atoms with Gasteiger partial charge in [0.15, 0.2) is 0 Å². The Hall–Kier alpha value is -0.970. The van der Waals surface area contributed by atoms with E-state index in [9.17, 15) is 10.2 Å². The standard InChI is InChI=1S/C23H33IO2/c1-8-23(7,22(5,6)24)16-12-19(25)21(20(26)13-16)18-11-15(4)9-10-17(18)14(2)3/h11-13,17-18,25-26H,2,8-10H2,1,3-7H3/t17-,18+,23?/m0/s1. The number of allylic oxidation sites excluding steroid dienone is 3. The number of hydrogen-bond donors (Lipinski definition) is 2. The summed E-state index contributed by atoms with van der Waals surface area (Å²) in [6, 6.07) is 3.73. The van der Waals surface area contributed by atoms with Gasteiger partial charge >= 0.3 is 0 Å². The van der Waals surface area contributed by atoms with Gasteiger partial charge in [-0.15, -0.1) is 0 Å². The van der Waals surface area contributed by atoms with Gasteiger partial charge in [0.05, 0.1) is 0 Å². The molecule has 1 aliphatic carbocycles. The zero-order valence-electron chi connectivity index (χ0n) is 17.0. The van der Waals surface area contributed by atoms with E-state index in [1.54, 1.807) is 0 Å². The molecule has 26 heavy (non-hydrogen) atoms. The number of phenolic OH excluding ortho intramolecular Hbond substituents is 2. The van der Waals surface area contributed by atoms with Gasteiger partial charge < -0.3 is 10.2 Å². The summed E-state index contributed by atoms with van der Waals surface area (Å²) in [5.41, 5.74) is 3.90. The van der Waals surface area contributed by atoms with Crippen molar-refractivity contribution in [2.75, 3.05) is 0 Å². The van der Waals surface area contributed by atoms with E-state index >= 15 is 0 Å². The van der Waals surface area contributed by atoms with Crippen molar-refractivity contribution in [2.45, 2.75) is 75.6 Å². The SMILES string of the molecule is C=C(C)[C@@H]1CCC(C)=C[C@H]1c1c(O)cc(C(C)(CC)C(C)(C)I)cc1O. The summed E-state index contributed by atoms with van der Waals surface area (Å²) >= 11 is 2.46. The molecule has 1 aliphatic rings. The first-order valence-corrected chi connectivity index (χ1v) is 10.6. The third kappa shape index (κ3) is 3.83. The molecule has 0 bridgehead atoms. The fourth-order valence-electron chi connectivity index (χ4n) is 4.16. The third-order valence-electron chi connectivity index (χ3n) is 6.51. The molecule has 2 rings (SSSR count). The lowest BCUT2D eigenvalue weighted by Crippen LogP contribution is -2.39. The van der Waals surface area contributed by atoms with Gasteiger partial charge in [0.25, 0.3) is 0 Å². The fraction of sp³-hybridized carbons (Fsp3) is 0.565. The topological polar surface area (TPSA) is 40.5 Å². The summed E-state index contributed by atoms with van der Waals surface area (Å²) in [4.78, 5) is 0. The van der Waals surface area contributed by atoms with Crippen LogP contribution in [0, 0.1) is 5.92 Å². The molecule has 3 heteroatoms. The normalized spacial score (nSPS) is 23.3. The number of alkyl halides is 1. The minimum Gasteiger partial charge on any atom is -0.507 e. The lowest BCUT2D eigenvalue weighted by atomic mass is 9.69. The zero-order valence-corrected chi connectivity index (χ0v) is 19.1. The van der Waals surface area contributed by atoms with E-state index in [-0.39, 0.29) is 32.2 Å². The Kier molecular flexibility index (Phi) is 6.21. The Morgan fingerprint density at radius 1 is 1.23 bits per heavy atom. The van der Waals surface area contributed by atoms with Crippen molar-refractivity contribution in [3.8, 4) is 11.5 Å². The van der Waals surface area contributed by atoms with E-state index in [1.165, 1.54) is 5.57 Å². The number of rotatable bonds is 5. The minimum absolute atomic E-state index is 0.0124. The van der Waals surface area contributed by atoms with Gasteiger partial charge in [-0.05, 0) is 70.6 Å². The smallest absolute Gasteiger partial charge is 0.123 e. The first-order valence-electron chi connectivity index (χ1n) is 9.50. The minimum atomic E-state index is -0.146. The number of aromatic hydroxyl groups is 2. The number of benzene rings is 1. The maximum Gasteiger partial charge on any atom is 0.123 e. The zero-order chi connectivity index (χ0) is 19.9. The van der Waals surface area contributed by atoms with Crippen molar-refractivity contribution in [1.82, 2.24) is 0 Å². The summed E-state index contributed by atoms with van der Waals surface area (Å²) in [5, 5.41) is 21.8. The molecule has 0 amide bonds. The van der Waals surface area contributed by atoms with Crippen LogP contribution in [0.1, 0.15) is 77.8 Å². The summed E-state index contributed by atoms with van der Waals surface area (Å²) in [6.45, 7) is 17.1. The van der Waals surface area contributed by atoms with Crippen LogP contribution in [-0.2, 0) is 5.41 Å². The summed E-state index contributed by atoms with van der Waals surface area (Å²) in [7, 11) is 0. The Labute approximate surface area is 172 Å². The molecular weight excluding hydrogens is 435 g/mol. The maximum atomic E-state index is 10.9. The first-order chi connectivity index (χ1) is 11.9.